The molecule has 0 saturated heterocycles. The van der Waals surface area contributed by atoms with Gasteiger partial charge in [-0.3, -0.25) is 19.7 Å². The van der Waals surface area contributed by atoms with Crippen molar-refractivity contribution in [2.75, 3.05) is 33.0 Å². The molecule has 0 fully saturated rings. The standard InChI is InChI=1S/C13H18N4O4/c1-14-13(19)9-4-5-11(17(20)21)10(8-9)15-7-6-12(18)16(2)3/h4-5,8,15H,6-7H2,1-3H3,(H,14,19). The Morgan fingerprint density at radius 3 is 2.52 bits per heavy atom. The first-order chi connectivity index (χ1) is 9.86. The van der Waals surface area contributed by atoms with E-state index in [2.05, 4.69) is 10.6 Å². The predicted molar refractivity (Wildman–Crippen MR) is 78.3 cm³/mol. The molecule has 8 nitrogen and oxygen atoms in total. The molecule has 0 atom stereocenters. The normalized spacial score (nSPS) is 9.86. The second-order valence-electron chi connectivity index (χ2n) is 4.53. The summed E-state index contributed by atoms with van der Waals surface area (Å²) >= 11 is 0. The average Bonchev–Trinajstić information content (AvgIpc) is 2.45. The third kappa shape index (κ3) is 4.44. The number of rotatable bonds is 6. The van der Waals surface area contributed by atoms with Crippen molar-refractivity contribution in [3.63, 3.8) is 0 Å². The van der Waals surface area contributed by atoms with E-state index in [-0.39, 0.29) is 36.2 Å². The maximum Gasteiger partial charge on any atom is 0.292 e. The summed E-state index contributed by atoms with van der Waals surface area (Å²) in [7, 11) is 4.75. The molecule has 2 amide bonds. The van der Waals surface area contributed by atoms with Crippen molar-refractivity contribution in [3.8, 4) is 0 Å². The van der Waals surface area contributed by atoms with Gasteiger partial charge in [-0.2, -0.15) is 0 Å². The number of nitro groups is 1. The van der Waals surface area contributed by atoms with Crippen LogP contribution < -0.4 is 10.6 Å². The Morgan fingerprint density at radius 1 is 1.33 bits per heavy atom. The monoisotopic (exact) mass is 294 g/mol. The summed E-state index contributed by atoms with van der Waals surface area (Å²) in [5.74, 6) is -0.426. The number of hydrogen-bond donors (Lipinski definition) is 2. The quantitative estimate of drug-likeness (QED) is 0.597. The fraction of sp³-hybridized carbons (Fsp3) is 0.385. The summed E-state index contributed by atoms with van der Waals surface area (Å²) in [5.41, 5.74) is 0.386. The Bertz CT molecular complexity index is 557. The molecular weight excluding hydrogens is 276 g/mol. The number of carbonyl (C=O) groups is 2. The van der Waals surface area contributed by atoms with Crippen LogP contribution in [0.2, 0.25) is 0 Å². The molecular formula is C13H18N4O4. The molecule has 8 heteroatoms. The highest BCUT2D eigenvalue weighted by Crippen LogP contribution is 2.25. The zero-order valence-corrected chi connectivity index (χ0v) is 12.2. The minimum atomic E-state index is -0.538. The lowest BCUT2D eigenvalue weighted by atomic mass is 10.1. The van der Waals surface area contributed by atoms with Gasteiger partial charge in [-0.1, -0.05) is 0 Å². The Balaban J connectivity index is 2.89. The number of carbonyl (C=O) groups excluding carboxylic acids is 2. The first-order valence-corrected chi connectivity index (χ1v) is 6.31. The minimum Gasteiger partial charge on any atom is -0.379 e. The van der Waals surface area contributed by atoms with Crippen molar-refractivity contribution >= 4 is 23.2 Å². The highest BCUT2D eigenvalue weighted by molar-refractivity contribution is 5.95. The zero-order chi connectivity index (χ0) is 16.0. The predicted octanol–water partition coefficient (Wildman–Crippen LogP) is 0.845. The highest BCUT2D eigenvalue weighted by atomic mass is 16.6. The summed E-state index contributed by atoms with van der Waals surface area (Å²) in [6.45, 7) is 0.245. The first-order valence-electron chi connectivity index (χ1n) is 6.31. The Kier molecular flexibility index (Phi) is 5.65. The summed E-state index contributed by atoms with van der Waals surface area (Å²) in [4.78, 5) is 34.9. The van der Waals surface area contributed by atoms with Crippen molar-refractivity contribution in [2.24, 2.45) is 0 Å². The van der Waals surface area contributed by atoms with E-state index in [1.807, 2.05) is 0 Å². The Labute approximate surface area is 122 Å². The molecule has 1 aromatic rings. The van der Waals surface area contributed by atoms with E-state index >= 15 is 0 Å². The molecule has 0 radical (unpaired) electrons. The molecule has 0 heterocycles. The van der Waals surface area contributed by atoms with Gasteiger partial charge in [-0.25, -0.2) is 0 Å². The van der Waals surface area contributed by atoms with Crippen LogP contribution in [0.3, 0.4) is 0 Å². The molecule has 0 spiro atoms. The summed E-state index contributed by atoms with van der Waals surface area (Å²) < 4.78 is 0. The number of anilines is 1. The van der Waals surface area contributed by atoms with Crippen LogP contribution in [0.25, 0.3) is 0 Å². The van der Waals surface area contributed by atoms with E-state index < -0.39 is 4.92 Å². The van der Waals surface area contributed by atoms with Crippen molar-refractivity contribution in [1.82, 2.24) is 10.2 Å². The van der Waals surface area contributed by atoms with E-state index in [1.54, 1.807) is 14.1 Å². The number of nitro benzene ring substituents is 1. The van der Waals surface area contributed by atoms with Crippen molar-refractivity contribution in [1.29, 1.82) is 0 Å². The van der Waals surface area contributed by atoms with Crippen LogP contribution in [0.15, 0.2) is 18.2 Å². The van der Waals surface area contributed by atoms with E-state index in [9.17, 15) is 19.7 Å². The lowest BCUT2D eigenvalue weighted by Gasteiger charge is -2.12. The van der Waals surface area contributed by atoms with Crippen molar-refractivity contribution < 1.29 is 14.5 Å². The minimum absolute atomic E-state index is 0.0902. The van der Waals surface area contributed by atoms with Gasteiger partial charge in [0, 0.05) is 45.7 Å². The third-order valence-corrected chi connectivity index (χ3v) is 2.84. The second kappa shape index (κ2) is 7.22. The van der Waals surface area contributed by atoms with Gasteiger partial charge >= 0.3 is 0 Å². The lowest BCUT2D eigenvalue weighted by molar-refractivity contribution is -0.384. The Morgan fingerprint density at radius 2 is 2.00 bits per heavy atom. The van der Waals surface area contributed by atoms with Crippen LogP contribution in [-0.4, -0.2) is 49.3 Å². The van der Waals surface area contributed by atoms with Crippen LogP contribution in [0.5, 0.6) is 0 Å². The average molecular weight is 294 g/mol. The lowest BCUT2D eigenvalue weighted by Crippen LogP contribution is -2.24. The smallest absolute Gasteiger partial charge is 0.292 e. The van der Waals surface area contributed by atoms with Gasteiger partial charge in [0.25, 0.3) is 11.6 Å². The molecule has 0 unspecified atom stereocenters. The van der Waals surface area contributed by atoms with E-state index in [0.29, 0.717) is 5.56 Å². The molecule has 1 rings (SSSR count). The van der Waals surface area contributed by atoms with Crippen LogP contribution in [0, 0.1) is 10.1 Å². The van der Waals surface area contributed by atoms with Gasteiger partial charge in [-0.15, -0.1) is 0 Å². The summed E-state index contributed by atoms with van der Waals surface area (Å²) in [6, 6.07) is 4.05. The number of benzene rings is 1. The largest absolute Gasteiger partial charge is 0.379 e. The van der Waals surface area contributed by atoms with E-state index in [4.69, 9.17) is 0 Å². The zero-order valence-electron chi connectivity index (χ0n) is 12.2. The molecule has 2 N–H and O–H groups in total. The summed E-state index contributed by atoms with van der Waals surface area (Å²) in [6.07, 6.45) is 0.203. The highest BCUT2D eigenvalue weighted by Gasteiger charge is 2.16. The number of nitrogens with one attached hydrogen (secondary N) is 2. The molecule has 0 aliphatic carbocycles. The third-order valence-electron chi connectivity index (χ3n) is 2.84. The maximum absolute atomic E-state index is 11.5. The number of nitrogens with zero attached hydrogens (tertiary/aromatic N) is 2. The van der Waals surface area contributed by atoms with Gasteiger partial charge < -0.3 is 15.5 Å². The molecule has 114 valence electrons. The topological polar surface area (TPSA) is 105 Å². The van der Waals surface area contributed by atoms with Crippen molar-refractivity contribution in [2.45, 2.75) is 6.42 Å². The van der Waals surface area contributed by atoms with Crippen LogP contribution in [0.4, 0.5) is 11.4 Å². The number of amides is 2. The van der Waals surface area contributed by atoms with Gasteiger partial charge in [0.05, 0.1) is 4.92 Å². The van der Waals surface area contributed by atoms with Crippen LogP contribution in [-0.2, 0) is 4.79 Å². The van der Waals surface area contributed by atoms with Gasteiger partial charge in [0.1, 0.15) is 5.69 Å². The molecule has 0 saturated carbocycles. The molecule has 0 aliphatic heterocycles. The number of hydrogen-bond acceptors (Lipinski definition) is 5. The second-order valence-corrected chi connectivity index (χ2v) is 4.53. The molecule has 0 aromatic heterocycles. The van der Waals surface area contributed by atoms with E-state index in [0.717, 1.165) is 0 Å². The van der Waals surface area contributed by atoms with Gasteiger partial charge in [0.2, 0.25) is 5.91 Å². The first kappa shape index (κ1) is 16.4. The molecule has 21 heavy (non-hydrogen) atoms. The van der Waals surface area contributed by atoms with Crippen molar-refractivity contribution in [3.05, 3.63) is 33.9 Å². The maximum atomic E-state index is 11.5. The SMILES string of the molecule is CNC(=O)c1ccc([N+](=O)[O-])c(NCCC(=O)N(C)C)c1. The molecule has 0 bridgehead atoms. The molecule has 0 aliphatic rings. The Hall–Kier alpha value is -2.64. The fourth-order valence-electron chi connectivity index (χ4n) is 1.65. The summed E-state index contributed by atoms with van der Waals surface area (Å²) in [5, 5.41) is 16.2. The fourth-order valence-corrected chi connectivity index (χ4v) is 1.65. The van der Waals surface area contributed by atoms with Crippen LogP contribution in [0.1, 0.15) is 16.8 Å². The van der Waals surface area contributed by atoms with E-state index in [1.165, 1.54) is 30.1 Å². The van der Waals surface area contributed by atoms with Gasteiger partial charge in [0.15, 0.2) is 0 Å². The van der Waals surface area contributed by atoms with Gasteiger partial charge in [-0.05, 0) is 12.1 Å². The molecule has 1 aromatic carbocycles. The van der Waals surface area contributed by atoms with Crippen LogP contribution >= 0.6 is 0 Å².